The number of likely N-dealkylation sites (tertiary alicyclic amines) is 1. The Kier molecular flexibility index (Phi) is 10.6. The third-order valence-electron chi connectivity index (χ3n) is 6.96. The van der Waals surface area contributed by atoms with Crippen LogP contribution < -0.4 is 16.3 Å². The molecule has 45 heavy (non-hydrogen) atoms. The number of nitrogens with one attached hydrogen (secondary N) is 2. The number of carbonyl (C=O) groups is 3. The van der Waals surface area contributed by atoms with Crippen molar-refractivity contribution in [3.05, 3.63) is 86.0 Å². The third kappa shape index (κ3) is 9.28. The fourth-order valence-corrected chi connectivity index (χ4v) is 5.61. The monoisotopic (exact) mass is 729 g/mol. The maximum atomic E-state index is 13.4. The Labute approximate surface area is 276 Å². The van der Waals surface area contributed by atoms with E-state index in [0.29, 0.717) is 34.2 Å². The summed E-state index contributed by atoms with van der Waals surface area (Å²) in [7, 11) is 0. The van der Waals surface area contributed by atoms with Crippen molar-refractivity contribution in [1.82, 2.24) is 19.8 Å². The van der Waals surface area contributed by atoms with Gasteiger partial charge in [-0.25, -0.2) is 14.4 Å². The second-order valence-corrected chi connectivity index (χ2v) is 14.0. The molecule has 2 aromatic carbocycles. The number of amides is 3. The molecule has 12 heteroatoms. The van der Waals surface area contributed by atoms with Crippen molar-refractivity contribution in [2.24, 2.45) is 0 Å². The smallest absolute Gasteiger partial charge is 0.411 e. The molecule has 1 aromatic heterocycles. The number of hydrogen-bond acceptors (Lipinski definition) is 7. The summed E-state index contributed by atoms with van der Waals surface area (Å²) in [4.78, 5) is 57.0. The van der Waals surface area contributed by atoms with Gasteiger partial charge in [-0.2, -0.15) is 4.98 Å². The molecule has 1 fully saturated rings. The maximum Gasteiger partial charge on any atom is 0.411 e. The zero-order chi connectivity index (χ0) is 32.9. The first-order valence-corrected chi connectivity index (χ1v) is 15.9. The number of ether oxygens (including phenoxy) is 2. The summed E-state index contributed by atoms with van der Waals surface area (Å²) < 4.78 is 13.1. The molecular formula is C33H40IN5O6. The minimum absolute atomic E-state index is 0.147. The predicted octanol–water partition coefficient (Wildman–Crippen LogP) is 6.44. The van der Waals surface area contributed by atoms with Crippen LogP contribution in [0.2, 0.25) is 0 Å². The number of nitrogens with zero attached hydrogens (tertiary/aromatic N) is 3. The molecule has 0 spiro atoms. The minimum Gasteiger partial charge on any atom is -0.444 e. The topological polar surface area (TPSA) is 132 Å². The van der Waals surface area contributed by atoms with Gasteiger partial charge in [-0.05, 0) is 113 Å². The number of aromatic nitrogens is 2. The van der Waals surface area contributed by atoms with E-state index in [0.717, 1.165) is 12.0 Å². The van der Waals surface area contributed by atoms with Crippen molar-refractivity contribution in [2.45, 2.75) is 84.1 Å². The fourth-order valence-electron chi connectivity index (χ4n) is 5.07. The van der Waals surface area contributed by atoms with Gasteiger partial charge >= 0.3 is 17.9 Å². The quantitative estimate of drug-likeness (QED) is 0.268. The van der Waals surface area contributed by atoms with Crippen molar-refractivity contribution in [3.8, 4) is 5.69 Å². The molecule has 0 bridgehead atoms. The van der Waals surface area contributed by atoms with Gasteiger partial charge in [0.05, 0.1) is 15.3 Å². The number of halogens is 1. The lowest BCUT2D eigenvalue weighted by atomic mass is 10.0. The molecule has 0 radical (unpaired) electrons. The van der Waals surface area contributed by atoms with Gasteiger partial charge in [-0.15, -0.1) is 0 Å². The molecule has 1 saturated heterocycles. The van der Waals surface area contributed by atoms with Gasteiger partial charge < -0.3 is 20.1 Å². The van der Waals surface area contributed by atoms with Gasteiger partial charge in [-0.1, -0.05) is 30.3 Å². The van der Waals surface area contributed by atoms with Crippen LogP contribution >= 0.6 is 22.6 Å². The molecule has 1 aliphatic heterocycles. The van der Waals surface area contributed by atoms with Crippen LogP contribution in [0.4, 0.5) is 15.4 Å². The molecule has 3 amide bonds. The average Bonchev–Trinajstić information content (AvgIpc) is 3.37. The summed E-state index contributed by atoms with van der Waals surface area (Å²) in [5.41, 5.74) is 0.136. The Bertz CT molecular complexity index is 1580. The Morgan fingerprint density at radius 2 is 1.58 bits per heavy atom. The Hall–Kier alpha value is -3.94. The third-order valence-corrected chi connectivity index (χ3v) is 7.75. The second-order valence-electron chi connectivity index (χ2n) is 12.9. The van der Waals surface area contributed by atoms with E-state index < -0.39 is 29.1 Å². The fraction of sp³-hybridized carbons (Fsp3) is 0.424. The van der Waals surface area contributed by atoms with Crippen LogP contribution in [0.5, 0.6) is 0 Å². The van der Waals surface area contributed by atoms with Gasteiger partial charge in [0.1, 0.15) is 11.2 Å². The number of anilines is 1. The van der Waals surface area contributed by atoms with E-state index >= 15 is 0 Å². The highest BCUT2D eigenvalue weighted by atomic mass is 127. The van der Waals surface area contributed by atoms with Gasteiger partial charge in [0.2, 0.25) is 0 Å². The maximum absolute atomic E-state index is 13.4. The first-order valence-electron chi connectivity index (χ1n) is 14.9. The summed E-state index contributed by atoms with van der Waals surface area (Å²) in [5.74, 6) is -0.166. The summed E-state index contributed by atoms with van der Waals surface area (Å²) in [6, 6.07) is 15.7. The van der Waals surface area contributed by atoms with E-state index in [1.165, 1.54) is 4.57 Å². The highest BCUT2D eigenvalue weighted by Crippen LogP contribution is 2.38. The molecule has 1 aliphatic rings. The Morgan fingerprint density at radius 3 is 2.20 bits per heavy atom. The van der Waals surface area contributed by atoms with Crippen molar-refractivity contribution >= 4 is 46.5 Å². The lowest BCUT2D eigenvalue weighted by Crippen LogP contribution is -2.42. The molecule has 2 heterocycles. The summed E-state index contributed by atoms with van der Waals surface area (Å²) in [5, 5.41) is 5.49. The molecule has 0 saturated carbocycles. The van der Waals surface area contributed by atoms with Crippen molar-refractivity contribution in [1.29, 1.82) is 0 Å². The van der Waals surface area contributed by atoms with E-state index in [9.17, 15) is 19.2 Å². The number of benzene rings is 2. The van der Waals surface area contributed by atoms with E-state index in [1.807, 2.05) is 61.6 Å². The van der Waals surface area contributed by atoms with Crippen LogP contribution in [-0.4, -0.2) is 56.3 Å². The van der Waals surface area contributed by atoms with Crippen molar-refractivity contribution in [3.63, 3.8) is 0 Å². The van der Waals surface area contributed by atoms with Gasteiger partial charge in [0.25, 0.3) is 5.91 Å². The standard InChI is InChI=1S/C33H40IN5O6/c1-32(2,3)44-30(42)35-19-18-24-16-17-26(39(24)31(43)45-33(4,5)6)21-12-14-23(15-13-21)38-20-25(34)27(37-29(38)41)36-28(40)22-10-8-7-9-11-22/h7-15,20,24,26H,16-19H2,1-6H3,(H,35,42)(H,36,37,40,41)/t24-,26-/m1/s1. The van der Waals surface area contributed by atoms with Crippen molar-refractivity contribution < 1.29 is 23.9 Å². The first kappa shape index (κ1) is 33.9. The van der Waals surface area contributed by atoms with Gasteiger partial charge in [0.15, 0.2) is 5.82 Å². The zero-order valence-electron chi connectivity index (χ0n) is 26.4. The lowest BCUT2D eigenvalue weighted by molar-refractivity contribution is 0.0136. The number of rotatable bonds is 7. The van der Waals surface area contributed by atoms with Crippen LogP contribution in [0.1, 0.15) is 82.8 Å². The molecule has 4 rings (SSSR count). The molecular weight excluding hydrogens is 689 g/mol. The molecule has 0 aliphatic carbocycles. The van der Waals surface area contributed by atoms with Crippen LogP contribution in [-0.2, 0) is 9.47 Å². The van der Waals surface area contributed by atoms with Gasteiger partial charge in [0, 0.05) is 24.3 Å². The number of alkyl carbamates (subject to hydrolysis) is 1. The summed E-state index contributed by atoms with van der Waals surface area (Å²) in [6.07, 6.45) is 2.70. The van der Waals surface area contributed by atoms with E-state index in [2.05, 4.69) is 15.6 Å². The first-order chi connectivity index (χ1) is 21.1. The zero-order valence-corrected chi connectivity index (χ0v) is 28.6. The highest BCUT2D eigenvalue weighted by Gasteiger charge is 2.40. The van der Waals surface area contributed by atoms with E-state index in [1.54, 1.807) is 68.3 Å². The average molecular weight is 730 g/mol. The molecule has 11 nitrogen and oxygen atoms in total. The van der Waals surface area contributed by atoms with Crippen LogP contribution in [0.3, 0.4) is 0 Å². The Morgan fingerprint density at radius 1 is 0.933 bits per heavy atom. The summed E-state index contributed by atoms with van der Waals surface area (Å²) in [6.45, 7) is 11.2. The minimum atomic E-state index is -0.675. The van der Waals surface area contributed by atoms with Crippen LogP contribution in [0, 0.1) is 3.57 Å². The van der Waals surface area contributed by atoms with Crippen LogP contribution in [0.15, 0.2) is 65.6 Å². The summed E-state index contributed by atoms with van der Waals surface area (Å²) >= 11 is 2.03. The predicted molar refractivity (Wildman–Crippen MR) is 180 cm³/mol. The van der Waals surface area contributed by atoms with Crippen molar-refractivity contribution in [2.75, 3.05) is 11.9 Å². The van der Waals surface area contributed by atoms with Gasteiger partial charge in [-0.3, -0.25) is 14.3 Å². The van der Waals surface area contributed by atoms with E-state index in [-0.39, 0.29) is 23.8 Å². The number of hydrogen-bond donors (Lipinski definition) is 2. The molecule has 2 atom stereocenters. The molecule has 0 unspecified atom stereocenters. The largest absolute Gasteiger partial charge is 0.444 e. The highest BCUT2D eigenvalue weighted by molar-refractivity contribution is 14.1. The Balaban J connectivity index is 1.50. The van der Waals surface area contributed by atoms with Crippen LogP contribution in [0.25, 0.3) is 5.69 Å². The second kappa shape index (κ2) is 14.0. The van der Waals surface area contributed by atoms with E-state index in [4.69, 9.17) is 9.47 Å². The molecule has 3 aromatic rings. The molecule has 240 valence electrons. The molecule has 2 N–H and O–H groups in total. The normalized spacial score (nSPS) is 16.6. The number of carbonyl (C=O) groups excluding carboxylic acids is 3. The lowest BCUT2D eigenvalue weighted by Gasteiger charge is -2.33. The SMILES string of the molecule is CC(C)(C)OC(=O)NCC[C@H]1CC[C@H](c2ccc(-n3cc(I)c(NC(=O)c4ccccc4)nc3=O)cc2)N1C(=O)OC(C)(C)C.